The van der Waals surface area contributed by atoms with Crippen LogP contribution in [0.25, 0.3) is 134 Å². The number of likely N-dealkylation sites (N-methyl/N-ethyl adjacent to an activating group) is 4. The lowest BCUT2D eigenvalue weighted by atomic mass is 10.1. The molecule has 23 heterocycles. The molecular weight excluding hydrogens is 1880 g/mol. The fourth-order valence-corrected chi connectivity index (χ4v) is 20.5. The molecule has 2 aromatic carbocycles. The molecule has 0 saturated carbocycles. The zero-order valence-electron chi connectivity index (χ0n) is 87.1. The Bertz CT molecular complexity index is 9070. The Morgan fingerprint density at radius 1 is 0.349 bits per heavy atom. The standard InChI is InChI=1S/2C23H27N7O.C22H25N7O.C22H22N6O.C21H20N6O/c1-14-8-18(28-7-6-27(5)16(3)12-28)13-29-22(31)10-19(25-23(14)29)20-9-21-17(4)24-15(2)11-30(21)26-20;1-5-27-6-8-28(9-7-27)18-10-15(2)23-25-19(12-22(31)29(23)14-18)20-11-21-17(4)24-16(3)13-30(21)26-20;1-13-7-17(27-6-5-23-14(2)10-27)12-28-21(30)9-18(25-22(13)28)19-8-20-16(4)24-15(3)11-29(20)26-19;1-3-27-8-6-15(7-9-27)19-14-28-21(13-23-19)25-18(11-22(28)29)16-4-5-20-17(10-16)12-24-26(20)2;1-25-7-5-14(6-8-25)18-13-27-20(12-22-18)24-17(10-21(27)28)15-3-4-19-16(9-15)11-23-26(19)2/h8-11,13,16H,6-7,12H2,1-5H3;10-14H,5-9H2,1-4H3;7-9,11-12,14,23H,5-6,10H2,1-4H3;4-6,10-14H,3,7-9H2,1-2H3;3-5,9-13H,6-8H2,1-2H3/t16-;;14-;;/m1.1../s1. The first-order chi connectivity index (χ1) is 71.8. The predicted molar refractivity (Wildman–Crippen MR) is 584 cm³/mol. The van der Waals surface area contributed by atoms with Crippen molar-refractivity contribution in [3.8, 4) is 56.7 Å². The zero-order valence-corrected chi connectivity index (χ0v) is 87.1. The molecule has 20 aromatic rings. The molecule has 760 valence electrons. The first-order valence-corrected chi connectivity index (χ1v) is 50.8. The largest absolute Gasteiger partial charge is 0.368 e. The molecule has 2 atom stereocenters. The van der Waals surface area contributed by atoms with Crippen LogP contribution < -0.4 is 47.8 Å². The van der Waals surface area contributed by atoms with E-state index in [0.29, 0.717) is 85.9 Å². The van der Waals surface area contributed by atoms with Crippen molar-refractivity contribution in [2.75, 3.05) is 134 Å². The number of hydrogen-bond donors (Lipinski definition) is 1. The van der Waals surface area contributed by atoms with Crippen LogP contribution in [-0.2, 0) is 14.1 Å². The minimum Gasteiger partial charge on any atom is -0.368 e. The highest BCUT2D eigenvalue weighted by atomic mass is 16.1. The summed E-state index contributed by atoms with van der Waals surface area (Å²) in [7, 11) is 8.07. The summed E-state index contributed by atoms with van der Waals surface area (Å²) < 4.78 is 17.2. The fraction of sp³-hybridized carbons (Fsp3) is 0.333. The quantitative estimate of drug-likeness (QED) is 0.119. The maximum atomic E-state index is 13.1. The van der Waals surface area contributed by atoms with Gasteiger partial charge in [0, 0.05) is 201 Å². The number of hydrogen-bond acceptors (Lipinski definition) is 28. The molecule has 38 heteroatoms. The average Bonchev–Trinajstić information content (AvgIpc) is 1.74. The summed E-state index contributed by atoms with van der Waals surface area (Å²) in [5.74, 6) is 0. The van der Waals surface area contributed by atoms with Gasteiger partial charge in [-0.3, -0.25) is 85.2 Å². The number of pyridine rings is 3. The molecule has 18 aromatic heterocycles. The van der Waals surface area contributed by atoms with E-state index in [2.05, 4.69) is 172 Å². The Balaban J connectivity index is 0.000000109. The van der Waals surface area contributed by atoms with Crippen LogP contribution in [0, 0.1) is 62.3 Å². The molecule has 0 unspecified atom stereocenters. The summed E-state index contributed by atoms with van der Waals surface area (Å²) in [4.78, 5) is 128. The van der Waals surface area contributed by atoms with Crippen LogP contribution in [0.15, 0.2) is 214 Å². The van der Waals surface area contributed by atoms with Gasteiger partial charge in [-0.15, -0.1) is 0 Å². The Hall–Kier alpha value is -16.4. The van der Waals surface area contributed by atoms with Crippen molar-refractivity contribution in [2.45, 2.75) is 115 Å². The zero-order chi connectivity index (χ0) is 104. The van der Waals surface area contributed by atoms with Gasteiger partial charge in [0.1, 0.15) is 34.0 Å². The van der Waals surface area contributed by atoms with E-state index in [0.717, 1.165) is 246 Å². The minimum absolute atomic E-state index is 0.0970. The number of nitrogens with zero attached hydrogens (tertiary/aromatic N) is 32. The second kappa shape index (κ2) is 40.8. The fourth-order valence-electron chi connectivity index (χ4n) is 20.5. The van der Waals surface area contributed by atoms with E-state index in [1.807, 2.05) is 201 Å². The summed E-state index contributed by atoms with van der Waals surface area (Å²) in [6.45, 7) is 42.1. The van der Waals surface area contributed by atoms with E-state index in [4.69, 9.17) is 15.0 Å². The average molecular weight is 2000 g/mol. The Kier molecular flexibility index (Phi) is 27.0. The monoisotopic (exact) mass is 2000 g/mol. The van der Waals surface area contributed by atoms with Crippen LogP contribution >= 0.6 is 0 Å². The lowest BCUT2D eigenvalue weighted by Gasteiger charge is -2.39. The van der Waals surface area contributed by atoms with Crippen LogP contribution in [0.3, 0.4) is 0 Å². The maximum absolute atomic E-state index is 13.1. The van der Waals surface area contributed by atoms with E-state index in [9.17, 15) is 24.0 Å². The van der Waals surface area contributed by atoms with E-state index < -0.39 is 0 Å². The van der Waals surface area contributed by atoms with E-state index in [-0.39, 0.29) is 27.8 Å². The molecule has 3 fully saturated rings. The number of nitrogens with one attached hydrogen (secondary N) is 1. The molecule has 0 amide bonds. The van der Waals surface area contributed by atoms with Crippen molar-refractivity contribution < 1.29 is 0 Å². The maximum Gasteiger partial charge on any atom is 0.258 e. The van der Waals surface area contributed by atoms with Crippen molar-refractivity contribution in [3.05, 3.63) is 304 Å². The number of rotatable bonds is 12. The van der Waals surface area contributed by atoms with Crippen molar-refractivity contribution in [1.29, 1.82) is 0 Å². The first-order valence-electron chi connectivity index (χ1n) is 50.8. The summed E-state index contributed by atoms with van der Waals surface area (Å²) in [6.07, 6.45) is 28.3. The highest BCUT2D eigenvalue weighted by Crippen LogP contribution is 2.33. The molecule has 25 rings (SSSR count). The molecule has 0 bridgehead atoms. The smallest absolute Gasteiger partial charge is 0.258 e. The second-order valence-electron chi connectivity index (χ2n) is 39.8. The van der Waals surface area contributed by atoms with Gasteiger partial charge in [0.25, 0.3) is 27.8 Å². The lowest BCUT2D eigenvalue weighted by Crippen LogP contribution is -2.50. The topological polar surface area (TPSA) is 359 Å². The van der Waals surface area contributed by atoms with Gasteiger partial charge in [-0.05, 0) is 205 Å². The third kappa shape index (κ3) is 20.2. The van der Waals surface area contributed by atoms with Crippen LogP contribution in [0.4, 0.5) is 17.1 Å². The Labute approximate surface area is 858 Å². The molecule has 5 aliphatic heterocycles. The predicted octanol–water partition coefficient (Wildman–Crippen LogP) is 12.2. The van der Waals surface area contributed by atoms with Gasteiger partial charge in [0.05, 0.1) is 162 Å². The molecule has 38 nitrogen and oxygen atoms in total. The molecule has 5 aliphatic rings. The van der Waals surface area contributed by atoms with Gasteiger partial charge in [-0.1, -0.05) is 38.1 Å². The van der Waals surface area contributed by atoms with E-state index >= 15 is 0 Å². The third-order valence-corrected chi connectivity index (χ3v) is 29.1. The number of piperazine rings is 3. The number of benzene rings is 2. The Morgan fingerprint density at radius 2 is 0.752 bits per heavy atom. The van der Waals surface area contributed by atoms with Crippen molar-refractivity contribution >= 4 is 94.8 Å². The summed E-state index contributed by atoms with van der Waals surface area (Å²) in [5.41, 5.74) is 29.8. The number of fused-ring (bicyclic) bond motifs is 10. The van der Waals surface area contributed by atoms with Gasteiger partial charge in [0.2, 0.25) is 0 Å². The number of anilines is 3. The van der Waals surface area contributed by atoms with E-state index in [1.165, 1.54) is 11.1 Å². The number of aromatic nitrogens is 25. The summed E-state index contributed by atoms with van der Waals surface area (Å²) in [5, 5.41) is 27.9. The minimum atomic E-state index is -0.108. The van der Waals surface area contributed by atoms with Crippen LogP contribution in [-0.4, -0.2) is 271 Å². The lowest BCUT2D eigenvalue weighted by molar-refractivity contribution is 0.234. The van der Waals surface area contributed by atoms with Crippen LogP contribution in [0.1, 0.15) is 103 Å². The van der Waals surface area contributed by atoms with Gasteiger partial charge in [-0.25, -0.2) is 38.5 Å². The molecule has 0 radical (unpaired) electrons. The van der Waals surface area contributed by atoms with E-state index in [1.54, 1.807) is 80.0 Å². The first kappa shape index (κ1) is 98.6. The highest BCUT2D eigenvalue weighted by molar-refractivity contribution is 5.86. The van der Waals surface area contributed by atoms with Gasteiger partial charge >= 0.3 is 0 Å². The van der Waals surface area contributed by atoms with Crippen LogP contribution in [0.5, 0.6) is 0 Å². The molecule has 0 spiro atoms. The van der Waals surface area contributed by atoms with Gasteiger partial charge in [-0.2, -0.15) is 25.5 Å². The van der Waals surface area contributed by atoms with Gasteiger partial charge in [0.15, 0.2) is 11.3 Å². The molecule has 0 aliphatic carbocycles. The van der Waals surface area contributed by atoms with Crippen molar-refractivity contribution in [1.82, 2.24) is 145 Å². The Morgan fingerprint density at radius 3 is 1.15 bits per heavy atom. The molecular formula is C111H121N33O5. The van der Waals surface area contributed by atoms with Gasteiger partial charge < -0.3 is 34.7 Å². The molecule has 3 saturated heterocycles. The SMILES string of the molecule is CCN1CC=C(c2cn3c(=O)cc(-c4ccc5c(cnn5C)c4)nc3cn2)CC1.CCN1CCN(c2cc(C)c3nc(-c4cc5c(C)nc(C)cn5n4)cc(=O)n3c2)CC1.CN1CC=C(c2cn3c(=O)cc(-c4ccc5c(cnn5C)c4)nc3cn2)CC1.Cc1cn2nc(-c3cc(=O)n4cc(N5CCN(C)[C@H](C)C5)cc(C)c4n3)cc2c(C)n1.Cc1cn2nc(-c3cc(=O)n4cc(N5CCN[C@H](C)C5)cc(C)c4n3)cc2c(C)n1. The molecule has 149 heavy (non-hydrogen) atoms. The van der Waals surface area contributed by atoms with Crippen LogP contribution in [0.2, 0.25) is 0 Å². The molecule has 1 N–H and O–H groups in total. The third-order valence-electron chi connectivity index (χ3n) is 29.1. The highest BCUT2D eigenvalue weighted by Gasteiger charge is 2.28. The van der Waals surface area contributed by atoms with Crippen molar-refractivity contribution in [2.24, 2.45) is 14.1 Å². The second-order valence-corrected chi connectivity index (χ2v) is 39.8. The summed E-state index contributed by atoms with van der Waals surface area (Å²) >= 11 is 0. The normalized spacial score (nSPS) is 16.2. The van der Waals surface area contributed by atoms with Crippen molar-refractivity contribution in [3.63, 3.8) is 0 Å². The number of aryl methyl sites for hydroxylation is 11. The summed E-state index contributed by atoms with van der Waals surface area (Å²) in [6, 6.07) is 32.9.